The van der Waals surface area contributed by atoms with Crippen LogP contribution in [0.4, 0.5) is 4.79 Å². The van der Waals surface area contributed by atoms with Crippen molar-refractivity contribution in [3.63, 3.8) is 0 Å². The van der Waals surface area contributed by atoms with Gasteiger partial charge in [-0.25, -0.2) is 4.79 Å². The molecule has 0 aromatic rings. The van der Waals surface area contributed by atoms with Crippen LogP contribution in [0.15, 0.2) is 17.3 Å². The van der Waals surface area contributed by atoms with Crippen molar-refractivity contribution in [2.45, 2.75) is 20.8 Å². The predicted molar refractivity (Wildman–Crippen MR) is 65.2 cm³/mol. The third kappa shape index (κ3) is 6.86. The lowest BCUT2D eigenvalue weighted by Gasteiger charge is -2.13. The summed E-state index contributed by atoms with van der Waals surface area (Å²) in [7, 11) is 1.73. The maximum Gasteiger partial charge on any atom is 0.435 e. The summed E-state index contributed by atoms with van der Waals surface area (Å²) in [6, 6.07) is 0. The highest BCUT2D eigenvalue weighted by Crippen LogP contribution is 2.09. The molecule has 0 radical (unpaired) electrons. The largest absolute Gasteiger partial charge is 0.448 e. The topological polar surface area (TPSA) is 76.7 Å². The smallest absolute Gasteiger partial charge is 0.435 e. The highest BCUT2D eigenvalue weighted by atomic mass is 16.5. The maximum atomic E-state index is 11.2. The second kappa shape index (κ2) is 7.73. The first-order chi connectivity index (χ1) is 7.47. The lowest BCUT2D eigenvalue weighted by atomic mass is 10.00. The van der Waals surface area contributed by atoms with Gasteiger partial charge in [0.2, 0.25) is 0 Å². The zero-order valence-electron chi connectivity index (χ0n) is 10.4. The van der Waals surface area contributed by atoms with Gasteiger partial charge in [-0.15, -0.1) is 0 Å². The molecular formula is C11H21N3O2. The molecule has 0 saturated heterocycles. The van der Waals surface area contributed by atoms with E-state index in [2.05, 4.69) is 24.2 Å². The van der Waals surface area contributed by atoms with Gasteiger partial charge in [0.25, 0.3) is 0 Å². The van der Waals surface area contributed by atoms with Gasteiger partial charge in [0.15, 0.2) is 0 Å². The standard InChI is InChI=1S/C11H21N3O2/c1-8(2)9(3)7-16-11(15)14-10(12)5-6-13-4/h5-6,8-9,13H,7H2,1-4H3,(H2,12,14,15)/b6-5-. The highest BCUT2D eigenvalue weighted by Gasteiger charge is 2.09. The molecule has 16 heavy (non-hydrogen) atoms. The van der Waals surface area contributed by atoms with E-state index in [1.165, 1.54) is 6.08 Å². The fourth-order valence-electron chi connectivity index (χ4n) is 0.739. The summed E-state index contributed by atoms with van der Waals surface area (Å²) < 4.78 is 4.96. The van der Waals surface area contributed by atoms with Gasteiger partial charge in [0, 0.05) is 7.05 Å². The molecule has 0 aromatic heterocycles. The summed E-state index contributed by atoms with van der Waals surface area (Å²) in [5.41, 5.74) is 5.45. The second-order valence-electron chi connectivity index (χ2n) is 3.96. The van der Waals surface area contributed by atoms with Gasteiger partial charge >= 0.3 is 6.09 Å². The van der Waals surface area contributed by atoms with E-state index in [0.29, 0.717) is 18.4 Å². The molecule has 3 N–H and O–H groups in total. The van der Waals surface area contributed by atoms with Crippen LogP contribution < -0.4 is 11.1 Å². The van der Waals surface area contributed by atoms with Gasteiger partial charge in [0.05, 0.1) is 6.61 Å². The molecule has 1 amide bonds. The van der Waals surface area contributed by atoms with Gasteiger partial charge < -0.3 is 15.8 Å². The minimum absolute atomic E-state index is 0.122. The molecule has 0 aliphatic heterocycles. The lowest BCUT2D eigenvalue weighted by molar-refractivity contribution is 0.129. The third-order valence-electron chi connectivity index (χ3n) is 2.25. The first-order valence-corrected chi connectivity index (χ1v) is 5.32. The Hall–Kier alpha value is -1.52. The first-order valence-electron chi connectivity index (χ1n) is 5.32. The molecule has 0 aliphatic carbocycles. The van der Waals surface area contributed by atoms with Crippen LogP contribution in [0.25, 0.3) is 0 Å². The molecule has 1 atom stereocenters. The molecule has 0 saturated carbocycles. The number of amides is 1. The van der Waals surface area contributed by atoms with Gasteiger partial charge in [-0.1, -0.05) is 20.8 Å². The Kier molecular flexibility index (Phi) is 7.00. The van der Waals surface area contributed by atoms with Gasteiger partial charge in [-0.3, -0.25) is 0 Å². The van der Waals surface area contributed by atoms with E-state index in [0.717, 1.165) is 0 Å². The predicted octanol–water partition coefficient (Wildman–Crippen LogP) is 1.51. The minimum atomic E-state index is -0.647. The quantitative estimate of drug-likeness (QED) is 0.551. The number of nitrogens with two attached hydrogens (primary N) is 1. The van der Waals surface area contributed by atoms with E-state index < -0.39 is 6.09 Å². The maximum absolute atomic E-state index is 11.2. The Balaban J connectivity index is 4.03. The molecule has 5 heteroatoms. The third-order valence-corrected chi connectivity index (χ3v) is 2.25. The Morgan fingerprint density at radius 3 is 2.62 bits per heavy atom. The SMILES string of the molecule is CN/C=C\C(N)=N/C(=O)OCC(C)C(C)C. The Bertz CT molecular complexity index is 272. The molecule has 0 aromatic carbocycles. The summed E-state index contributed by atoms with van der Waals surface area (Å²) >= 11 is 0. The van der Waals surface area contributed by atoms with E-state index in [9.17, 15) is 4.79 Å². The van der Waals surface area contributed by atoms with Crippen molar-refractivity contribution < 1.29 is 9.53 Å². The average molecular weight is 227 g/mol. The van der Waals surface area contributed by atoms with Crippen LogP contribution in [-0.4, -0.2) is 25.6 Å². The number of aliphatic imine (C=N–C) groups is 1. The van der Waals surface area contributed by atoms with Crippen LogP contribution in [0.5, 0.6) is 0 Å². The van der Waals surface area contributed by atoms with E-state index in [1.807, 2.05) is 6.92 Å². The molecule has 5 nitrogen and oxygen atoms in total. The number of nitrogens with zero attached hydrogens (tertiary/aromatic N) is 1. The Morgan fingerprint density at radius 1 is 1.50 bits per heavy atom. The number of carbonyl (C=O) groups excluding carboxylic acids is 1. The second-order valence-corrected chi connectivity index (χ2v) is 3.96. The number of rotatable bonds is 5. The van der Waals surface area contributed by atoms with Gasteiger partial charge in [0.1, 0.15) is 5.84 Å². The minimum Gasteiger partial charge on any atom is -0.448 e. The molecule has 1 unspecified atom stereocenters. The van der Waals surface area contributed by atoms with E-state index in [4.69, 9.17) is 10.5 Å². The van der Waals surface area contributed by atoms with E-state index in [-0.39, 0.29) is 5.84 Å². The van der Waals surface area contributed by atoms with Crippen LogP contribution in [0.2, 0.25) is 0 Å². The monoisotopic (exact) mass is 227 g/mol. The number of hydrogen-bond donors (Lipinski definition) is 2. The Labute approximate surface area is 96.8 Å². The van der Waals surface area contributed by atoms with Crippen LogP contribution >= 0.6 is 0 Å². The van der Waals surface area contributed by atoms with Crippen molar-refractivity contribution >= 4 is 11.9 Å². The zero-order chi connectivity index (χ0) is 12.6. The van der Waals surface area contributed by atoms with Crippen molar-refractivity contribution in [2.24, 2.45) is 22.6 Å². The number of ether oxygens (including phenoxy) is 1. The van der Waals surface area contributed by atoms with Crippen LogP contribution in [0, 0.1) is 11.8 Å². The number of nitrogens with one attached hydrogen (secondary N) is 1. The fourth-order valence-corrected chi connectivity index (χ4v) is 0.739. The molecule has 0 spiro atoms. The first kappa shape index (κ1) is 14.5. The van der Waals surface area contributed by atoms with Crippen molar-refractivity contribution in [1.29, 1.82) is 0 Å². The van der Waals surface area contributed by atoms with Gasteiger partial charge in [-0.2, -0.15) is 4.99 Å². The molecule has 92 valence electrons. The van der Waals surface area contributed by atoms with Gasteiger partial charge in [-0.05, 0) is 24.1 Å². The van der Waals surface area contributed by atoms with E-state index >= 15 is 0 Å². The summed E-state index contributed by atoms with van der Waals surface area (Å²) in [6.07, 6.45) is 2.43. The van der Waals surface area contributed by atoms with Crippen molar-refractivity contribution in [1.82, 2.24) is 5.32 Å². The number of amidine groups is 1. The van der Waals surface area contributed by atoms with Crippen LogP contribution in [-0.2, 0) is 4.74 Å². The molecule has 0 rings (SSSR count). The van der Waals surface area contributed by atoms with Crippen LogP contribution in [0.1, 0.15) is 20.8 Å². The lowest BCUT2D eigenvalue weighted by Crippen LogP contribution is -2.17. The Morgan fingerprint density at radius 2 is 2.12 bits per heavy atom. The fraction of sp³-hybridized carbons (Fsp3) is 0.636. The van der Waals surface area contributed by atoms with Crippen molar-refractivity contribution in [3.8, 4) is 0 Å². The molecule has 0 fully saturated rings. The van der Waals surface area contributed by atoms with Crippen molar-refractivity contribution in [2.75, 3.05) is 13.7 Å². The summed E-state index contributed by atoms with van der Waals surface area (Å²) in [5, 5.41) is 2.74. The molecule has 0 aliphatic rings. The molecule has 0 bridgehead atoms. The normalized spacial score (nSPS) is 14.2. The molecule has 0 heterocycles. The summed E-state index contributed by atoms with van der Waals surface area (Å²) in [5.74, 6) is 0.906. The van der Waals surface area contributed by atoms with E-state index in [1.54, 1.807) is 13.2 Å². The number of carbonyl (C=O) groups is 1. The highest BCUT2D eigenvalue weighted by molar-refractivity contribution is 5.98. The number of hydrogen-bond acceptors (Lipinski definition) is 3. The average Bonchev–Trinajstić information content (AvgIpc) is 2.22. The molecular weight excluding hydrogens is 206 g/mol. The summed E-state index contributed by atoms with van der Waals surface area (Å²) in [4.78, 5) is 14.8. The van der Waals surface area contributed by atoms with Crippen molar-refractivity contribution in [3.05, 3.63) is 12.3 Å². The zero-order valence-corrected chi connectivity index (χ0v) is 10.4. The summed E-state index contributed by atoms with van der Waals surface area (Å²) in [6.45, 7) is 6.53. The van der Waals surface area contributed by atoms with Crippen LogP contribution in [0.3, 0.4) is 0 Å².